The number of nitrogens with two attached hydrogens (primary N) is 1. The number of methoxy groups -OCH3 is 1. The van der Waals surface area contributed by atoms with Crippen LogP contribution in [0.3, 0.4) is 0 Å². The van der Waals surface area contributed by atoms with Crippen LogP contribution in [-0.4, -0.2) is 46.5 Å². The number of sulfonamides is 1. The average molecular weight is 321 g/mol. The van der Waals surface area contributed by atoms with Crippen LogP contribution in [0.4, 0.5) is 0 Å². The number of benzene rings is 1. The number of hydrogen-bond acceptors (Lipinski definition) is 4. The third kappa shape index (κ3) is 3.92. The molecular formula is C12H17ClN2O4S. The van der Waals surface area contributed by atoms with E-state index in [4.69, 9.17) is 21.5 Å². The molecule has 0 atom stereocenters. The Kier molecular flexibility index (Phi) is 5.52. The van der Waals surface area contributed by atoms with Crippen LogP contribution in [0.25, 0.3) is 0 Å². The number of carbonyl (C=O) groups is 1. The van der Waals surface area contributed by atoms with Gasteiger partial charge in [0.1, 0.15) is 0 Å². The Hall–Kier alpha value is -1.15. The van der Waals surface area contributed by atoms with Crippen LogP contribution < -0.4 is 5.14 Å². The van der Waals surface area contributed by atoms with E-state index in [1.54, 1.807) is 7.05 Å². The zero-order valence-electron chi connectivity index (χ0n) is 11.5. The van der Waals surface area contributed by atoms with E-state index in [0.29, 0.717) is 13.2 Å². The van der Waals surface area contributed by atoms with Gasteiger partial charge in [0, 0.05) is 31.3 Å². The molecule has 8 heteroatoms. The third-order valence-corrected chi connectivity index (χ3v) is 4.09. The largest absolute Gasteiger partial charge is 0.383 e. The highest BCUT2D eigenvalue weighted by Crippen LogP contribution is 2.24. The molecule has 0 radical (unpaired) electrons. The molecule has 0 aliphatic carbocycles. The Morgan fingerprint density at radius 2 is 2.05 bits per heavy atom. The summed E-state index contributed by atoms with van der Waals surface area (Å²) in [5.74, 6) is -0.341. The number of likely N-dealkylation sites (N-methyl/N-ethyl adjacent to an activating group) is 1. The van der Waals surface area contributed by atoms with Crippen LogP contribution in [0.5, 0.6) is 0 Å². The number of nitrogens with zero attached hydrogens (tertiary/aromatic N) is 1. The van der Waals surface area contributed by atoms with Crippen molar-refractivity contribution in [2.24, 2.45) is 5.14 Å². The summed E-state index contributed by atoms with van der Waals surface area (Å²) >= 11 is 5.87. The summed E-state index contributed by atoms with van der Waals surface area (Å²) in [6.45, 7) is 2.28. The molecule has 0 saturated carbocycles. The molecule has 0 unspecified atom stereocenters. The summed E-state index contributed by atoms with van der Waals surface area (Å²) in [5, 5.41) is 5.26. The van der Waals surface area contributed by atoms with Crippen LogP contribution in [-0.2, 0) is 14.8 Å². The van der Waals surface area contributed by atoms with Crippen LogP contribution in [0.2, 0.25) is 5.02 Å². The number of rotatable bonds is 5. The molecule has 0 fully saturated rings. The van der Waals surface area contributed by atoms with Gasteiger partial charge in [0.05, 0.1) is 11.5 Å². The van der Waals surface area contributed by atoms with E-state index < -0.39 is 10.0 Å². The van der Waals surface area contributed by atoms with Gasteiger partial charge in [-0.25, -0.2) is 13.6 Å². The van der Waals surface area contributed by atoms with Gasteiger partial charge in [-0.1, -0.05) is 11.6 Å². The van der Waals surface area contributed by atoms with Crippen LogP contribution in [0.1, 0.15) is 15.9 Å². The van der Waals surface area contributed by atoms with Crippen molar-refractivity contribution >= 4 is 27.5 Å². The Bertz CT molecular complexity index is 616. The van der Waals surface area contributed by atoms with Gasteiger partial charge in [-0.05, 0) is 24.6 Å². The maximum Gasteiger partial charge on any atom is 0.254 e. The molecule has 0 aliphatic heterocycles. The average Bonchev–Trinajstić information content (AvgIpc) is 2.36. The third-order valence-electron chi connectivity index (χ3n) is 2.84. The van der Waals surface area contributed by atoms with Crippen LogP contribution in [0.15, 0.2) is 17.0 Å². The van der Waals surface area contributed by atoms with E-state index in [1.807, 2.05) is 0 Å². The summed E-state index contributed by atoms with van der Waals surface area (Å²) < 4.78 is 27.9. The summed E-state index contributed by atoms with van der Waals surface area (Å²) in [6, 6.07) is 2.66. The molecule has 0 bridgehead atoms. The van der Waals surface area contributed by atoms with E-state index in [1.165, 1.54) is 31.1 Å². The highest BCUT2D eigenvalue weighted by Gasteiger charge is 2.21. The summed E-state index contributed by atoms with van der Waals surface area (Å²) in [4.78, 5) is 13.6. The van der Waals surface area contributed by atoms with Crippen LogP contribution in [0, 0.1) is 6.92 Å². The first-order valence-corrected chi connectivity index (χ1v) is 7.68. The van der Waals surface area contributed by atoms with Gasteiger partial charge in [0.15, 0.2) is 0 Å². The van der Waals surface area contributed by atoms with Crippen molar-refractivity contribution in [3.63, 3.8) is 0 Å². The summed E-state index contributed by atoms with van der Waals surface area (Å²) in [6.07, 6.45) is 0. The molecule has 0 aromatic heterocycles. The first-order valence-electron chi connectivity index (χ1n) is 5.75. The van der Waals surface area contributed by atoms with Crippen molar-refractivity contribution in [2.45, 2.75) is 11.8 Å². The highest BCUT2D eigenvalue weighted by molar-refractivity contribution is 7.89. The number of primary sulfonamides is 1. The second kappa shape index (κ2) is 6.53. The normalized spacial score (nSPS) is 11.4. The first kappa shape index (κ1) is 16.9. The van der Waals surface area contributed by atoms with Crippen molar-refractivity contribution in [1.29, 1.82) is 0 Å². The Morgan fingerprint density at radius 3 is 2.55 bits per heavy atom. The predicted molar refractivity (Wildman–Crippen MR) is 76.4 cm³/mol. The Labute approximate surface area is 123 Å². The van der Waals surface area contributed by atoms with E-state index in [2.05, 4.69) is 0 Å². The first-order chi connectivity index (χ1) is 9.18. The minimum absolute atomic E-state index is 0.142. The van der Waals surface area contributed by atoms with E-state index in [9.17, 15) is 13.2 Å². The van der Waals surface area contributed by atoms with Gasteiger partial charge in [-0.15, -0.1) is 0 Å². The molecule has 0 saturated heterocycles. The maximum absolute atomic E-state index is 12.3. The van der Waals surface area contributed by atoms with Gasteiger partial charge in [0.2, 0.25) is 10.0 Å². The van der Waals surface area contributed by atoms with Gasteiger partial charge in [-0.3, -0.25) is 4.79 Å². The van der Waals surface area contributed by atoms with Crippen molar-refractivity contribution in [3.8, 4) is 0 Å². The fourth-order valence-electron chi connectivity index (χ4n) is 1.71. The number of ether oxygens (including phenoxy) is 1. The van der Waals surface area contributed by atoms with E-state index >= 15 is 0 Å². The maximum atomic E-state index is 12.3. The second-order valence-electron chi connectivity index (χ2n) is 4.34. The van der Waals surface area contributed by atoms with Gasteiger partial charge in [0.25, 0.3) is 5.91 Å². The standard InChI is InChI=1S/C12H17ClN2O4S/c1-8-10(12(16)15(2)4-5-19-3)6-9(13)7-11(8)20(14,17)18/h6-7H,4-5H2,1-3H3,(H2,14,17,18). The predicted octanol–water partition coefficient (Wildman–Crippen LogP) is 1.01. The lowest BCUT2D eigenvalue weighted by Crippen LogP contribution is -2.31. The Balaban J connectivity index is 3.26. The molecule has 6 nitrogen and oxygen atoms in total. The minimum atomic E-state index is -3.93. The van der Waals surface area contributed by atoms with Crippen molar-refractivity contribution in [2.75, 3.05) is 27.3 Å². The lowest BCUT2D eigenvalue weighted by Gasteiger charge is -2.19. The lowest BCUT2D eigenvalue weighted by molar-refractivity contribution is 0.0743. The van der Waals surface area contributed by atoms with Crippen molar-refractivity contribution < 1.29 is 17.9 Å². The molecular weight excluding hydrogens is 304 g/mol. The lowest BCUT2D eigenvalue weighted by atomic mass is 10.1. The Morgan fingerprint density at radius 1 is 1.45 bits per heavy atom. The minimum Gasteiger partial charge on any atom is -0.383 e. The fraction of sp³-hybridized carbons (Fsp3) is 0.417. The van der Waals surface area contributed by atoms with Gasteiger partial charge in [-0.2, -0.15) is 0 Å². The SMILES string of the molecule is COCCN(C)C(=O)c1cc(Cl)cc(S(N)(=O)=O)c1C. The molecule has 0 heterocycles. The molecule has 2 N–H and O–H groups in total. The number of halogens is 1. The van der Waals surface area contributed by atoms with Gasteiger partial charge < -0.3 is 9.64 Å². The molecule has 1 aromatic rings. The van der Waals surface area contributed by atoms with E-state index in [-0.39, 0.29) is 27.0 Å². The molecule has 1 amide bonds. The number of hydrogen-bond donors (Lipinski definition) is 1. The zero-order valence-corrected chi connectivity index (χ0v) is 13.1. The molecule has 1 rings (SSSR count). The highest BCUT2D eigenvalue weighted by atomic mass is 35.5. The monoisotopic (exact) mass is 320 g/mol. The van der Waals surface area contributed by atoms with E-state index in [0.717, 1.165) is 0 Å². The number of amides is 1. The quantitative estimate of drug-likeness (QED) is 0.877. The van der Waals surface area contributed by atoms with Gasteiger partial charge >= 0.3 is 0 Å². The fourth-order valence-corrected chi connectivity index (χ4v) is 2.82. The smallest absolute Gasteiger partial charge is 0.254 e. The molecule has 0 aliphatic rings. The molecule has 112 valence electrons. The topological polar surface area (TPSA) is 89.7 Å². The molecule has 0 spiro atoms. The van der Waals surface area contributed by atoms with Crippen molar-refractivity contribution in [3.05, 3.63) is 28.3 Å². The molecule has 1 aromatic carbocycles. The summed E-state index contributed by atoms with van der Waals surface area (Å²) in [7, 11) is -0.809. The summed E-state index contributed by atoms with van der Waals surface area (Å²) in [5.41, 5.74) is 0.492. The second-order valence-corrected chi connectivity index (χ2v) is 6.31. The van der Waals surface area contributed by atoms with Crippen molar-refractivity contribution in [1.82, 2.24) is 4.90 Å². The van der Waals surface area contributed by atoms with Crippen LogP contribution >= 0.6 is 11.6 Å². The zero-order chi connectivity index (χ0) is 15.5. The number of carbonyl (C=O) groups excluding carboxylic acids is 1. The molecule has 20 heavy (non-hydrogen) atoms.